The Bertz CT molecular complexity index is 871. The Labute approximate surface area is 150 Å². The molecule has 1 amide bonds. The van der Waals surface area contributed by atoms with E-state index in [1.54, 1.807) is 12.1 Å². The quantitative estimate of drug-likeness (QED) is 0.743. The van der Waals surface area contributed by atoms with Crippen LogP contribution in [0.3, 0.4) is 0 Å². The molecule has 26 heavy (non-hydrogen) atoms. The molecular formula is C19H18N4O3. The first-order valence-corrected chi connectivity index (χ1v) is 8.61. The Morgan fingerprint density at radius 1 is 1.08 bits per heavy atom. The Kier molecular flexibility index (Phi) is 4.59. The summed E-state index contributed by atoms with van der Waals surface area (Å²) in [6, 6.07) is 12.7. The monoisotopic (exact) mass is 350 g/mol. The molecule has 1 fully saturated rings. The number of anilines is 1. The lowest BCUT2D eigenvalue weighted by Crippen LogP contribution is -2.12. The number of nitrogens with one attached hydrogen (secondary N) is 1. The third kappa shape index (κ3) is 3.72. The largest absolute Gasteiger partial charge is 0.439 e. The molecule has 7 nitrogen and oxygen atoms in total. The van der Waals surface area contributed by atoms with Gasteiger partial charge in [-0.1, -0.05) is 36.1 Å². The highest BCUT2D eigenvalue weighted by Gasteiger charge is 2.23. The second-order valence-corrected chi connectivity index (χ2v) is 6.18. The third-order valence-electron chi connectivity index (χ3n) is 4.33. The van der Waals surface area contributed by atoms with E-state index >= 15 is 0 Å². The number of hydrogen-bond donors (Lipinski definition) is 1. The molecule has 0 unspecified atom stereocenters. The maximum Gasteiger partial charge on any atom is 0.322 e. The van der Waals surface area contributed by atoms with Gasteiger partial charge in [0.25, 0.3) is 5.91 Å². The third-order valence-corrected chi connectivity index (χ3v) is 4.33. The van der Waals surface area contributed by atoms with Gasteiger partial charge in [0.05, 0.1) is 5.56 Å². The maximum absolute atomic E-state index is 12.3. The minimum atomic E-state index is -0.356. The molecule has 0 aliphatic heterocycles. The van der Waals surface area contributed by atoms with Crippen LogP contribution in [0.15, 0.2) is 53.1 Å². The first-order valence-electron chi connectivity index (χ1n) is 8.61. The normalized spacial score (nSPS) is 14.3. The van der Waals surface area contributed by atoms with Crippen LogP contribution in [0.4, 0.5) is 6.01 Å². The zero-order chi connectivity index (χ0) is 17.8. The number of amides is 1. The molecule has 1 saturated carbocycles. The molecule has 132 valence electrons. The fraction of sp³-hybridized carbons (Fsp3) is 0.263. The summed E-state index contributed by atoms with van der Waals surface area (Å²) in [7, 11) is 0. The molecule has 2 heterocycles. The topological polar surface area (TPSA) is 90.1 Å². The molecule has 1 aliphatic rings. The molecular weight excluding hydrogens is 332 g/mol. The van der Waals surface area contributed by atoms with Crippen molar-refractivity contribution in [2.75, 3.05) is 5.32 Å². The van der Waals surface area contributed by atoms with Crippen molar-refractivity contribution in [3.05, 3.63) is 60.1 Å². The van der Waals surface area contributed by atoms with Gasteiger partial charge >= 0.3 is 6.01 Å². The van der Waals surface area contributed by atoms with Crippen LogP contribution < -0.4 is 10.1 Å². The molecule has 1 N–H and O–H groups in total. The number of rotatable bonds is 5. The Hall–Kier alpha value is -3.22. The number of hydrogen-bond acceptors (Lipinski definition) is 6. The lowest BCUT2D eigenvalue weighted by Gasteiger charge is -2.05. The summed E-state index contributed by atoms with van der Waals surface area (Å²) in [5, 5.41) is 10.6. The standard InChI is InChI=1S/C19H18N4O3/c24-17(21-19-23-22-18(26-19)13-6-4-5-7-13)14-10-11-16(20-12-14)25-15-8-2-1-3-9-15/h1-3,8-13H,4-7H2,(H,21,23,24). The van der Waals surface area contributed by atoms with Crippen LogP contribution in [-0.4, -0.2) is 21.1 Å². The maximum atomic E-state index is 12.3. The highest BCUT2D eigenvalue weighted by molar-refractivity contribution is 6.02. The number of carbonyl (C=O) groups is 1. The predicted molar refractivity (Wildman–Crippen MR) is 94.2 cm³/mol. The number of carbonyl (C=O) groups excluding carboxylic acids is 1. The van der Waals surface area contributed by atoms with Gasteiger partial charge in [-0.3, -0.25) is 10.1 Å². The number of pyridine rings is 1. The molecule has 0 atom stereocenters. The summed E-state index contributed by atoms with van der Waals surface area (Å²) >= 11 is 0. The van der Waals surface area contributed by atoms with E-state index < -0.39 is 0 Å². The fourth-order valence-electron chi connectivity index (χ4n) is 2.98. The van der Waals surface area contributed by atoms with Crippen molar-refractivity contribution >= 4 is 11.9 Å². The number of ether oxygens (including phenoxy) is 1. The molecule has 7 heteroatoms. The first-order chi connectivity index (χ1) is 12.8. The lowest BCUT2D eigenvalue weighted by molar-refractivity contribution is 0.102. The van der Waals surface area contributed by atoms with Gasteiger partial charge in [-0.2, -0.15) is 0 Å². The summed E-state index contributed by atoms with van der Waals surface area (Å²) < 4.78 is 11.2. The van der Waals surface area contributed by atoms with Gasteiger partial charge < -0.3 is 9.15 Å². The van der Waals surface area contributed by atoms with Gasteiger partial charge in [0.1, 0.15) is 5.75 Å². The van der Waals surface area contributed by atoms with Crippen LogP contribution in [0.25, 0.3) is 0 Å². The second-order valence-electron chi connectivity index (χ2n) is 6.18. The lowest BCUT2D eigenvalue weighted by atomic mass is 10.1. The highest BCUT2D eigenvalue weighted by atomic mass is 16.5. The van der Waals surface area contributed by atoms with E-state index in [4.69, 9.17) is 9.15 Å². The Morgan fingerprint density at radius 2 is 1.88 bits per heavy atom. The first kappa shape index (κ1) is 16.3. The molecule has 0 radical (unpaired) electrons. The van der Waals surface area contributed by atoms with E-state index in [9.17, 15) is 4.79 Å². The minimum absolute atomic E-state index is 0.113. The van der Waals surface area contributed by atoms with Crippen LogP contribution in [0, 0.1) is 0 Å². The molecule has 4 rings (SSSR count). The molecule has 1 aliphatic carbocycles. The second kappa shape index (κ2) is 7.35. The van der Waals surface area contributed by atoms with Crippen LogP contribution >= 0.6 is 0 Å². The number of para-hydroxylation sites is 1. The van der Waals surface area contributed by atoms with Gasteiger partial charge in [0.15, 0.2) is 0 Å². The van der Waals surface area contributed by atoms with Crippen molar-refractivity contribution in [2.45, 2.75) is 31.6 Å². The van der Waals surface area contributed by atoms with Gasteiger partial charge in [-0.05, 0) is 31.0 Å². The van der Waals surface area contributed by atoms with Crippen molar-refractivity contribution in [1.29, 1.82) is 0 Å². The van der Waals surface area contributed by atoms with Crippen molar-refractivity contribution in [3.63, 3.8) is 0 Å². The molecule has 0 bridgehead atoms. The predicted octanol–water partition coefficient (Wildman–Crippen LogP) is 4.17. The zero-order valence-corrected chi connectivity index (χ0v) is 14.1. The Morgan fingerprint density at radius 3 is 2.62 bits per heavy atom. The van der Waals surface area contributed by atoms with E-state index in [1.165, 1.54) is 19.0 Å². The average molecular weight is 350 g/mol. The summed E-state index contributed by atoms with van der Waals surface area (Å²) in [6.45, 7) is 0. The number of aromatic nitrogens is 3. The van der Waals surface area contributed by atoms with E-state index in [0.717, 1.165) is 12.8 Å². The number of benzene rings is 1. The van der Waals surface area contributed by atoms with Crippen LogP contribution in [-0.2, 0) is 0 Å². The van der Waals surface area contributed by atoms with E-state index in [0.29, 0.717) is 29.0 Å². The summed E-state index contributed by atoms with van der Waals surface area (Å²) in [4.78, 5) is 16.4. The van der Waals surface area contributed by atoms with Gasteiger partial charge in [0, 0.05) is 18.2 Å². The molecule has 2 aromatic heterocycles. The summed E-state index contributed by atoms with van der Waals surface area (Å²) in [5.41, 5.74) is 0.381. The summed E-state index contributed by atoms with van der Waals surface area (Å²) in [5.74, 6) is 1.65. The van der Waals surface area contributed by atoms with Crippen molar-refractivity contribution in [3.8, 4) is 11.6 Å². The minimum Gasteiger partial charge on any atom is -0.439 e. The van der Waals surface area contributed by atoms with Crippen LogP contribution in [0.5, 0.6) is 11.6 Å². The van der Waals surface area contributed by atoms with Gasteiger partial charge in [0.2, 0.25) is 11.8 Å². The smallest absolute Gasteiger partial charge is 0.322 e. The fourth-order valence-corrected chi connectivity index (χ4v) is 2.98. The van der Waals surface area contributed by atoms with Crippen LogP contribution in [0.1, 0.15) is 47.8 Å². The zero-order valence-electron chi connectivity index (χ0n) is 14.1. The SMILES string of the molecule is O=C(Nc1nnc(C2CCCC2)o1)c1ccc(Oc2ccccc2)nc1. The number of nitrogens with zero attached hydrogens (tertiary/aromatic N) is 3. The van der Waals surface area contributed by atoms with Gasteiger partial charge in [-0.25, -0.2) is 4.98 Å². The summed E-state index contributed by atoms with van der Waals surface area (Å²) in [6.07, 6.45) is 5.92. The van der Waals surface area contributed by atoms with E-state index in [2.05, 4.69) is 20.5 Å². The molecule has 3 aromatic rings. The molecule has 1 aromatic carbocycles. The molecule has 0 spiro atoms. The Balaban J connectivity index is 1.38. The average Bonchev–Trinajstić information content (AvgIpc) is 3.35. The molecule has 0 saturated heterocycles. The van der Waals surface area contributed by atoms with Crippen LogP contribution in [0.2, 0.25) is 0 Å². The van der Waals surface area contributed by atoms with Crippen molar-refractivity contribution in [2.24, 2.45) is 0 Å². The van der Waals surface area contributed by atoms with E-state index in [-0.39, 0.29) is 11.9 Å². The van der Waals surface area contributed by atoms with Crippen molar-refractivity contribution in [1.82, 2.24) is 15.2 Å². The van der Waals surface area contributed by atoms with E-state index in [1.807, 2.05) is 30.3 Å². The highest BCUT2D eigenvalue weighted by Crippen LogP contribution is 2.33. The van der Waals surface area contributed by atoms with Crippen molar-refractivity contribution < 1.29 is 13.9 Å². The van der Waals surface area contributed by atoms with Gasteiger partial charge in [-0.15, -0.1) is 5.10 Å².